The maximum absolute atomic E-state index is 12.0. The van der Waals surface area contributed by atoms with Gasteiger partial charge in [0.15, 0.2) is 0 Å². The molecule has 0 unspecified atom stereocenters. The molecule has 0 bridgehead atoms. The van der Waals surface area contributed by atoms with E-state index in [9.17, 15) is 9.59 Å². The van der Waals surface area contributed by atoms with Gasteiger partial charge in [-0.15, -0.1) is 0 Å². The molecule has 1 rings (SSSR count). The first kappa shape index (κ1) is 13.2. The molecule has 94 valence electrons. The van der Waals surface area contributed by atoms with Crippen molar-refractivity contribution >= 4 is 11.9 Å². The third-order valence-electron chi connectivity index (χ3n) is 2.42. The summed E-state index contributed by atoms with van der Waals surface area (Å²) >= 11 is 0. The van der Waals surface area contributed by atoms with Gasteiger partial charge >= 0.3 is 5.97 Å². The predicted octanol–water partition coefficient (Wildman–Crippen LogP) is 1.13. The highest BCUT2D eigenvalue weighted by molar-refractivity contribution is 5.93. The van der Waals surface area contributed by atoms with Gasteiger partial charge in [0, 0.05) is 25.2 Å². The largest absolute Gasteiger partial charge is 0.481 e. The van der Waals surface area contributed by atoms with Gasteiger partial charge in [0.2, 0.25) is 0 Å². The van der Waals surface area contributed by atoms with Crippen LogP contribution in [0, 0.1) is 0 Å². The van der Waals surface area contributed by atoms with Gasteiger partial charge in [0.05, 0.1) is 11.8 Å². The number of carbonyl (C=O) groups is 2. The summed E-state index contributed by atoms with van der Waals surface area (Å²) in [5, 5.41) is 14.9. The molecule has 0 aliphatic rings. The lowest BCUT2D eigenvalue weighted by Gasteiger charge is -2.26. The second-order valence-corrected chi connectivity index (χ2v) is 4.08. The van der Waals surface area contributed by atoms with Crippen LogP contribution in [-0.2, 0) is 4.79 Å². The van der Waals surface area contributed by atoms with Crippen LogP contribution in [0.15, 0.2) is 12.4 Å². The zero-order valence-corrected chi connectivity index (χ0v) is 10.0. The number of carboxylic acid groups (broad SMARTS) is 1. The SMILES string of the molecule is CC(C)N(CCCC(=O)O)C(=O)c1cn[nH]c1. The maximum Gasteiger partial charge on any atom is 0.303 e. The van der Waals surface area contributed by atoms with Crippen molar-refractivity contribution in [2.45, 2.75) is 32.7 Å². The molecule has 0 fully saturated rings. The number of carbonyl (C=O) groups excluding carboxylic acids is 1. The number of aromatic amines is 1. The molecule has 6 nitrogen and oxygen atoms in total. The van der Waals surface area contributed by atoms with Crippen LogP contribution in [0.4, 0.5) is 0 Å². The first-order valence-corrected chi connectivity index (χ1v) is 5.54. The summed E-state index contributed by atoms with van der Waals surface area (Å²) in [5.74, 6) is -0.969. The molecule has 0 saturated heterocycles. The Hall–Kier alpha value is -1.85. The third kappa shape index (κ3) is 3.90. The van der Waals surface area contributed by atoms with Crippen LogP contribution in [0.5, 0.6) is 0 Å². The van der Waals surface area contributed by atoms with Gasteiger partial charge in [0.25, 0.3) is 5.91 Å². The number of aliphatic carboxylic acids is 1. The standard InChI is InChI=1S/C11H17N3O3/c1-8(2)14(5-3-4-10(15)16)11(17)9-6-12-13-7-9/h6-8H,3-5H2,1-2H3,(H,12,13)(H,15,16). The van der Waals surface area contributed by atoms with Crippen molar-refractivity contribution < 1.29 is 14.7 Å². The molecule has 1 heterocycles. The molecule has 17 heavy (non-hydrogen) atoms. The summed E-state index contributed by atoms with van der Waals surface area (Å²) in [7, 11) is 0. The number of H-pyrrole nitrogens is 1. The molecule has 0 aromatic carbocycles. The molecule has 1 aromatic heterocycles. The molecule has 1 aromatic rings. The fourth-order valence-corrected chi connectivity index (χ4v) is 1.53. The summed E-state index contributed by atoms with van der Waals surface area (Å²) < 4.78 is 0. The number of amides is 1. The maximum atomic E-state index is 12.0. The van der Waals surface area contributed by atoms with Crippen LogP contribution in [0.25, 0.3) is 0 Å². The highest BCUT2D eigenvalue weighted by atomic mass is 16.4. The van der Waals surface area contributed by atoms with Gasteiger partial charge in [-0.25, -0.2) is 0 Å². The Morgan fingerprint density at radius 3 is 2.71 bits per heavy atom. The smallest absolute Gasteiger partial charge is 0.303 e. The second kappa shape index (κ2) is 6.03. The van der Waals surface area contributed by atoms with Gasteiger partial charge in [-0.05, 0) is 20.3 Å². The normalized spacial score (nSPS) is 10.5. The Morgan fingerprint density at radius 2 is 2.24 bits per heavy atom. The Labute approximate surface area is 99.6 Å². The van der Waals surface area contributed by atoms with E-state index in [4.69, 9.17) is 5.11 Å². The Kier molecular flexibility index (Phi) is 4.68. The van der Waals surface area contributed by atoms with Gasteiger partial charge in [-0.2, -0.15) is 5.10 Å². The average molecular weight is 239 g/mol. The lowest BCUT2D eigenvalue weighted by molar-refractivity contribution is -0.137. The Balaban J connectivity index is 2.60. The molecule has 0 aliphatic heterocycles. The molecule has 0 saturated carbocycles. The number of hydrogen-bond donors (Lipinski definition) is 2. The zero-order chi connectivity index (χ0) is 12.8. The van der Waals surface area contributed by atoms with E-state index in [2.05, 4.69) is 10.2 Å². The van der Waals surface area contributed by atoms with E-state index in [-0.39, 0.29) is 18.4 Å². The fourth-order valence-electron chi connectivity index (χ4n) is 1.53. The topological polar surface area (TPSA) is 86.3 Å². The first-order chi connectivity index (χ1) is 8.02. The molecular weight excluding hydrogens is 222 g/mol. The van der Waals surface area contributed by atoms with E-state index in [0.717, 1.165) is 0 Å². The highest BCUT2D eigenvalue weighted by Crippen LogP contribution is 2.08. The summed E-state index contributed by atoms with van der Waals surface area (Å²) in [4.78, 5) is 24.1. The molecule has 1 amide bonds. The molecule has 0 aliphatic carbocycles. The van der Waals surface area contributed by atoms with Crippen molar-refractivity contribution in [2.75, 3.05) is 6.54 Å². The number of carboxylic acids is 1. The summed E-state index contributed by atoms with van der Waals surface area (Å²) in [6.07, 6.45) is 3.53. The summed E-state index contributed by atoms with van der Waals surface area (Å²) in [6.45, 7) is 4.24. The molecule has 2 N–H and O–H groups in total. The number of nitrogens with zero attached hydrogens (tertiary/aromatic N) is 2. The Morgan fingerprint density at radius 1 is 1.53 bits per heavy atom. The number of nitrogens with one attached hydrogen (secondary N) is 1. The predicted molar refractivity (Wildman–Crippen MR) is 61.6 cm³/mol. The van der Waals surface area contributed by atoms with Crippen LogP contribution >= 0.6 is 0 Å². The van der Waals surface area contributed by atoms with E-state index >= 15 is 0 Å². The monoisotopic (exact) mass is 239 g/mol. The van der Waals surface area contributed by atoms with Crippen molar-refractivity contribution in [3.05, 3.63) is 18.0 Å². The fraction of sp³-hybridized carbons (Fsp3) is 0.545. The van der Waals surface area contributed by atoms with Gasteiger partial charge in [0.1, 0.15) is 0 Å². The van der Waals surface area contributed by atoms with Gasteiger partial charge in [-0.1, -0.05) is 0 Å². The second-order valence-electron chi connectivity index (χ2n) is 4.08. The minimum Gasteiger partial charge on any atom is -0.481 e. The lowest BCUT2D eigenvalue weighted by atomic mass is 10.2. The van der Waals surface area contributed by atoms with E-state index in [0.29, 0.717) is 18.5 Å². The van der Waals surface area contributed by atoms with Crippen molar-refractivity contribution in [3.63, 3.8) is 0 Å². The summed E-state index contributed by atoms with van der Waals surface area (Å²) in [5.41, 5.74) is 0.494. The first-order valence-electron chi connectivity index (χ1n) is 5.54. The van der Waals surface area contributed by atoms with E-state index in [1.165, 1.54) is 12.4 Å². The minimum atomic E-state index is -0.843. The van der Waals surface area contributed by atoms with Crippen molar-refractivity contribution in [3.8, 4) is 0 Å². The zero-order valence-electron chi connectivity index (χ0n) is 10.0. The molecule has 0 radical (unpaired) electrons. The molecule has 0 spiro atoms. The molecular formula is C11H17N3O3. The van der Waals surface area contributed by atoms with Crippen LogP contribution < -0.4 is 0 Å². The van der Waals surface area contributed by atoms with E-state index in [1.807, 2.05) is 13.8 Å². The third-order valence-corrected chi connectivity index (χ3v) is 2.42. The van der Waals surface area contributed by atoms with Crippen LogP contribution in [0.3, 0.4) is 0 Å². The van der Waals surface area contributed by atoms with Gasteiger partial charge in [-0.3, -0.25) is 14.7 Å². The highest BCUT2D eigenvalue weighted by Gasteiger charge is 2.19. The minimum absolute atomic E-state index is 0.0335. The van der Waals surface area contributed by atoms with Crippen molar-refractivity contribution in [2.24, 2.45) is 0 Å². The summed E-state index contributed by atoms with van der Waals surface area (Å²) in [6, 6.07) is 0.0335. The molecule has 0 atom stereocenters. The Bertz CT molecular complexity index is 373. The quantitative estimate of drug-likeness (QED) is 0.779. The van der Waals surface area contributed by atoms with Crippen LogP contribution in [-0.4, -0.2) is 44.7 Å². The van der Waals surface area contributed by atoms with Gasteiger partial charge < -0.3 is 10.0 Å². The molecule has 6 heteroatoms. The average Bonchev–Trinajstić information content (AvgIpc) is 2.75. The van der Waals surface area contributed by atoms with Crippen LogP contribution in [0.1, 0.15) is 37.0 Å². The number of aromatic nitrogens is 2. The van der Waals surface area contributed by atoms with Crippen molar-refractivity contribution in [1.29, 1.82) is 0 Å². The van der Waals surface area contributed by atoms with Crippen molar-refractivity contribution in [1.82, 2.24) is 15.1 Å². The number of rotatable bonds is 6. The van der Waals surface area contributed by atoms with E-state index in [1.54, 1.807) is 4.90 Å². The van der Waals surface area contributed by atoms with E-state index < -0.39 is 5.97 Å². The lowest BCUT2D eigenvalue weighted by Crippen LogP contribution is -2.37. The van der Waals surface area contributed by atoms with Crippen LogP contribution in [0.2, 0.25) is 0 Å². The number of hydrogen-bond acceptors (Lipinski definition) is 3.